The normalized spacial score (nSPS) is 26.1. The molecule has 1 saturated carbocycles. The van der Waals surface area contributed by atoms with Crippen LogP contribution in [0.2, 0.25) is 0 Å². The molecule has 1 rings (SSSR count). The highest BCUT2D eigenvalue weighted by atomic mass is 15.2. The van der Waals surface area contributed by atoms with Crippen molar-refractivity contribution in [3.63, 3.8) is 0 Å². The number of hydrogen-bond acceptors (Lipinski definition) is 4. The summed E-state index contributed by atoms with van der Waals surface area (Å²) in [5.74, 6) is 1.83. The molecular formula is C12H30N4. The fourth-order valence-electron chi connectivity index (χ4n) is 1.88. The first kappa shape index (κ1) is 15.8. The minimum absolute atomic E-state index is 0. The molecule has 0 aromatic carbocycles. The maximum Gasteiger partial charge on any atom is 0.0754 e. The molecule has 3 atom stereocenters. The Morgan fingerprint density at radius 2 is 1.88 bits per heavy atom. The molecule has 1 aliphatic rings. The Hall–Kier alpha value is -0.160. The molecule has 0 amide bonds. The SMILES string of the molecule is CCNC(NCC1CC1C)C(C)(C)NC.N. The molecule has 98 valence electrons. The van der Waals surface area contributed by atoms with Crippen LogP contribution in [0, 0.1) is 11.8 Å². The molecule has 16 heavy (non-hydrogen) atoms. The smallest absolute Gasteiger partial charge is 0.0754 e. The predicted octanol–water partition coefficient (Wildman–Crippen LogP) is 1.33. The summed E-state index contributed by atoms with van der Waals surface area (Å²) in [6, 6.07) is 0. The van der Waals surface area contributed by atoms with E-state index in [0.717, 1.165) is 24.9 Å². The molecule has 0 spiro atoms. The van der Waals surface area contributed by atoms with Gasteiger partial charge in [-0.3, -0.25) is 0 Å². The Morgan fingerprint density at radius 3 is 2.25 bits per heavy atom. The van der Waals surface area contributed by atoms with E-state index in [4.69, 9.17) is 0 Å². The molecule has 4 nitrogen and oxygen atoms in total. The topological polar surface area (TPSA) is 71.1 Å². The van der Waals surface area contributed by atoms with Gasteiger partial charge >= 0.3 is 0 Å². The Bertz CT molecular complexity index is 193. The van der Waals surface area contributed by atoms with Gasteiger partial charge in [-0.05, 0) is 52.2 Å². The largest absolute Gasteiger partial charge is 0.344 e. The van der Waals surface area contributed by atoms with Crippen molar-refractivity contribution in [1.29, 1.82) is 0 Å². The Balaban J connectivity index is 0.00000225. The van der Waals surface area contributed by atoms with Gasteiger partial charge in [0, 0.05) is 5.54 Å². The van der Waals surface area contributed by atoms with Crippen LogP contribution in [0.3, 0.4) is 0 Å². The van der Waals surface area contributed by atoms with Gasteiger partial charge in [-0.1, -0.05) is 13.8 Å². The average Bonchev–Trinajstić information content (AvgIpc) is 2.89. The molecule has 1 fully saturated rings. The van der Waals surface area contributed by atoms with Crippen molar-refractivity contribution in [2.75, 3.05) is 20.1 Å². The van der Waals surface area contributed by atoms with Gasteiger partial charge in [-0.15, -0.1) is 0 Å². The fourth-order valence-corrected chi connectivity index (χ4v) is 1.88. The summed E-state index contributed by atoms with van der Waals surface area (Å²) in [7, 11) is 2.02. The molecule has 0 heterocycles. The second-order valence-corrected chi connectivity index (χ2v) is 5.34. The van der Waals surface area contributed by atoms with Gasteiger partial charge in [0.15, 0.2) is 0 Å². The molecule has 0 aliphatic heterocycles. The molecule has 4 heteroatoms. The van der Waals surface area contributed by atoms with Crippen LogP contribution in [0.5, 0.6) is 0 Å². The highest BCUT2D eigenvalue weighted by Crippen LogP contribution is 2.36. The maximum absolute atomic E-state index is 3.63. The predicted molar refractivity (Wildman–Crippen MR) is 70.9 cm³/mol. The summed E-state index contributed by atoms with van der Waals surface area (Å²) in [6.45, 7) is 11.1. The van der Waals surface area contributed by atoms with Crippen molar-refractivity contribution in [3.05, 3.63) is 0 Å². The number of likely N-dealkylation sites (N-methyl/N-ethyl adjacent to an activating group) is 2. The third kappa shape index (κ3) is 4.37. The van der Waals surface area contributed by atoms with E-state index in [-0.39, 0.29) is 11.7 Å². The second-order valence-electron chi connectivity index (χ2n) is 5.34. The minimum Gasteiger partial charge on any atom is -0.344 e. The minimum atomic E-state index is 0. The third-order valence-corrected chi connectivity index (χ3v) is 3.63. The van der Waals surface area contributed by atoms with Gasteiger partial charge in [0.1, 0.15) is 0 Å². The lowest BCUT2D eigenvalue weighted by Crippen LogP contribution is -2.61. The lowest BCUT2D eigenvalue weighted by Gasteiger charge is -2.35. The zero-order valence-corrected chi connectivity index (χ0v) is 11.6. The van der Waals surface area contributed by atoms with Crippen LogP contribution in [0.15, 0.2) is 0 Å². The van der Waals surface area contributed by atoms with E-state index >= 15 is 0 Å². The maximum atomic E-state index is 3.63. The highest BCUT2D eigenvalue weighted by Gasteiger charge is 2.34. The van der Waals surface area contributed by atoms with E-state index in [9.17, 15) is 0 Å². The van der Waals surface area contributed by atoms with Crippen molar-refractivity contribution < 1.29 is 0 Å². The van der Waals surface area contributed by atoms with E-state index in [1.54, 1.807) is 0 Å². The van der Waals surface area contributed by atoms with Crippen molar-refractivity contribution in [2.24, 2.45) is 11.8 Å². The van der Waals surface area contributed by atoms with E-state index in [1.807, 2.05) is 7.05 Å². The Labute approximate surface area is 101 Å². The second kappa shape index (κ2) is 6.55. The number of rotatable bonds is 7. The zero-order valence-electron chi connectivity index (χ0n) is 11.6. The van der Waals surface area contributed by atoms with Crippen LogP contribution in [0.1, 0.15) is 34.1 Å². The summed E-state index contributed by atoms with van der Waals surface area (Å²) >= 11 is 0. The molecule has 0 aromatic heterocycles. The van der Waals surface area contributed by atoms with Gasteiger partial charge in [0.25, 0.3) is 0 Å². The van der Waals surface area contributed by atoms with Crippen LogP contribution in [0.4, 0.5) is 0 Å². The number of hydrogen-bond donors (Lipinski definition) is 4. The van der Waals surface area contributed by atoms with Crippen LogP contribution < -0.4 is 22.1 Å². The summed E-state index contributed by atoms with van der Waals surface area (Å²) in [4.78, 5) is 0. The van der Waals surface area contributed by atoms with Crippen LogP contribution in [0.25, 0.3) is 0 Å². The molecular weight excluding hydrogens is 200 g/mol. The van der Waals surface area contributed by atoms with E-state index in [0.29, 0.717) is 6.17 Å². The van der Waals surface area contributed by atoms with Crippen molar-refractivity contribution >= 4 is 0 Å². The first-order valence-corrected chi connectivity index (χ1v) is 6.17. The summed E-state index contributed by atoms with van der Waals surface area (Å²) < 4.78 is 0. The molecule has 1 aliphatic carbocycles. The van der Waals surface area contributed by atoms with Crippen molar-refractivity contribution in [1.82, 2.24) is 22.1 Å². The van der Waals surface area contributed by atoms with Gasteiger partial charge in [0.2, 0.25) is 0 Å². The van der Waals surface area contributed by atoms with Crippen LogP contribution in [-0.2, 0) is 0 Å². The molecule has 0 radical (unpaired) electrons. The highest BCUT2D eigenvalue weighted by molar-refractivity contribution is 4.91. The van der Waals surface area contributed by atoms with E-state index < -0.39 is 0 Å². The lowest BCUT2D eigenvalue weighted by molar-refractivity contribution is 0.250. The lowest BCUT2D eigenvalue weighted by atomic mass is 10.0. The van der Waals surface area contributed by atoms with Gasteiger partial charge in [0.05, 0.1) is 6.17 Å². The Morgan fingerprint density at radius 1 is 1.31 bits per heavy atom. The van der Waals surface area contributed by atoms with Gasteiger partial charge in [-0.2, -0.15) is 0 Å². The average molecular weight is 230 g/mol. The summed E-state index contributed by atoms with van der Waals surface area (Å²) in [5.41, 5.74) is 0.0914. The quantitative estimate of drug-likeness (QED) is 0.498. The monoisotopic (exact) mass is 230 g/mol. The summed E-state index contributed by atoms with van der Waals surface area (Å²) in [5, 5.41) is 10.5. The summed E-state index contributed by atoms with van der Waals surface area (Å²) in [6.07, 6.45) is 1.74. The molecule has 0 saturated heterocycles. The van der Waals surface area contributed by atoms with Crippen molar-refractivity contribution in [2.45, 2.75) is 45.8 Å². The van der Waals surface area contributed by atoms with Crippen molar-refractivity contribution in [3.8, 4) is 0 Å². The fraction of sp³-hybridized carbons (Fsp3) is 1.00. The van der Waals surface area contributed by atoms with Gasteiger partial charge < -0.3 is 22.1 Å². The number of nitrogens with one attached hydrogen (secondary N) is 3. The first-order chi connectivity index (χ1) is 7.01. The molecule has 3 unspecified atom stereocenters. The molecule has 6 N–H and O–H groups in total. The van der Waals surface area contributed by atoms with Gasteiger partial charge in [-0.25, -0.2) is 0 Å². The standard InChI is InChI=1S/C12H27N3.H3N/c1-6-14-11(12(3,4)13-5)15-8-10-7-9(10)2;/h9-11,13-15H,6-8H2,1-5H3;1H3. The first-order valence-electron chi connectivity index (χ1n) is 6.17. The van der Waals surface area contributed by atoms with E-state index in [2.05, 4.69) is 43.6 Å². The Kier molecular flexibility index (Phi) is 6.48. The third-order valence-electron chi connectivity index (χ3n) is 3.63. The van der Waals surface area contributed by atoms with Crippen LogP contribution in [-0.4, -0.2) is 31.8 Å². The molecule has 0 aromatic rings. The molecule has 0 bridgehead atoms. The van der Waals surface area contributed by atoms with E-state index in [1.165, 1.54) is 6.42 Å². The van der Waals surface area contributed by atoms with Crippen LogP contribution >= 0.6 is 0 Å². The zero-order chi connectivity index (χ0) is 11.5.